The highest BCUT2D eigenvalue weighted by molar-refractivity contribution is 7.16. The van der Waals surface area contributed by atoms with Crippen LogP contribution in [0.15, 0.2) is 29.6 Å². The number of nitrogens with two attached hydrogens (primary N) is 1. The smallest absolute Gasteiger partial charge is 0.124 e. The second-order valence-corrected chi connectivity index (χ2v) is 6.65. The fourth-order valence-corrected chi connectivity index (χ4v) is 3.87. The van der Waals surface area contributed by atoms with E-state index in [4.69, 9.17) is 10.7 Å². The molecule has 0 amide bonds. The molecule has 20 heavy (non-hydrogen) atoms. The number of rotatable bonds is 3. The Morgan fingerprint density at radius 2 is 2.05 bits per heavy atom. The van der Waals surface area contributed by atoms with Gasteiger partial charge in [-0.05, 0) is 25.5 Å². The van der Waals surface area contributed by atoms with E-state index in [1.807, 2.05) is 26.0 Å². The molecule has 0 aliphatic carbocycles. The number of aryl methyl sites for hydroxylation is 2. The lowest BCUT2D eigenvalue weighted by atomic mass is 10.1. The van der Waals surface area contributed by atoms with Crippen LogP contribution in [0.4, 0.5) is 0 Å². The van der Waals surface area contributed by atoms with Crippen LogP contribution in [0.2, 0.25) is 0 Å². The molecule has 0 bridgehead atoms. The Hall–Kier alpha value is -1.56. The van der Waals surface area contributed by atoms with Crippen LogP contribution < -0.4 is 5.73 Å². The molecule has 5 heteroatoms. The average molecular weight is 301 g/mol. The van der Waals surface area contributed by atoms with E-state index < -0.39 is 0 Å². The maximum Gasteiger partial charge on any atom is 0.124 e. The topological polar surface area (TPSA) is 51.8 Å². The van der Waals surface area contributed by atoms with E-state index in [1.165, 1.54) is 4.88 Å². The molecule has 3 rings (SSSR count). The average Bonchev–Trinajstić information content (AvgIpc) is 3.05. The van der Waals surface area contributed by atoms with Crippen LogP contribution in [0, 0.1) is 13.8 Å². The van der Waals surface area contributed by atoms with Gasteiger partial charge in [-0.3, -0.25) is 0 Å². The van der Waals surface area contributed by atoms with Crippen molar-refractivity contribution in [1.29, 1.82) is 0 Å². The zero-order valence-corrected chi connectivity index (χ0v) is 13.0. The molecule has 2 aromatic heterocycles. The maximum atomic E-state index is 5.69. The summed E-state index contributed by atoms with van der Waals surface area (Å²) in [5.74, 6) is 0. The molecular formula is C15H15N3S2. The molecule has 3 aromatic rings. The van der Waals surface area contributed by atoms with Gasteiger partial charge in [-0.1, -0.05) is 18.2 Å². The first-order chi connectivity index (χ1) is 9.67. The second-order valence-electron chi connectivity index (χ2n) is 4.59. The minimum absolute atomic E-state index is 0.555. The molecule has 0 saturated heterocycles. The van der Waals surface area contributed by atoms with Crippen LogP contribution in [0.25, 0.3) is 21.1 Å². The summed E-state index contributed by atoms with van der Waals surface area (Å²) in [5.41, 5.74) is 10.0. The van der Waals surface area contributed by atoms with E-state index in [0.29, 0.717) is 6.54 Å². The van der Waals surface area contributed by atoms with Gasteiger partial charge in [0.05, 0.1) is 21.3 Å². The van der Waals surface area contributed by atoms with Crippen molar-refractivity contribution in [3.8, 4) is 21.1 Å². The van der Waals surface area contributed by atoms with Crippen molar-refractivity contribution in [2.75, 3.05) is 0 Å². The maximum absolute atomic E-state index is 5.69. The van der Waals surface area contributed by atoms with Gasteiger partial charge in [-0.2, -0.15) is 0 Å². The van der Waals surface area contributed by atoms with Gasteiger partial charge in [0.15, 0.2) is 0 Å². The third-order valence-corrected chi connectivity index (χ3v) is 5.04. The number of thiazole rings is 2. The van der Waals surface area contributed by atoms with Crippen molar-refractivity contribution < 1.29 is 0 Å². The van der Waals surface area contributed by atoms with Gasteiger partial charge in [-0.25, -0.2) is 9.97 Å². The van der Waals surface area contributed by atoms with E-state index in [2.05, 4.69) is 22.5 Å². The van der Waals surface area contributed by atoms with Crippen LogP contribution in [0.3, 0.4) is 0 Å². The monoisotopic (exact) mass is 301 g/mol. The van der Waals surface area contributed by atoms with Gasteiger partial charge in [0.2, 0.25) is 0 Å². The summed E-state index contributed by atoms with van der Waals surface area (Å²) in [4.78, 5) is 10.4. The number of aromatic nitrogens is 2. The number of hydrogen-bond acceptors (Lipinski definition) is 5. The third-order valence-electron chi connectivity index (χ3n) is 3.05. The normalized spacial score (nSPS) is 10.9. The molecule has 0 radical (unpaired) electrons. The lowest BCUT2D eigenvalue weighted by molar-refractivity contribution is 1.07. The minimum atomic E-state index is 0.555. The highest BCUT2D eigenvalue weighted by atomic mass is 32.1. The van der Waals surface area contributed by atoms with Gasteiger partial charge in [-0.15, -0.1) is 22.7 Å². The molecule has 0 spiro atoms. The summed E-state index contributed by atoms with van der Waals surface area (Å²) in [6.07, 6.45) is 0. The molecule has 3 nitrogen and oxygen atoms in total. The van der Waals surface area contributed by atoms with Gasteiger partial charge in [0, 0.05) is 17.5 Å². The van der Waals surface area contributed by atoms with Gasteiger partial charge in [0.25, 0.3) is 0 Å². The Morgan fingerprint density at radius 3 is 2.75 bits per heavy atom. The number of benzene rings is 1. The molecule has 0 unspecified atom stereocenters. The van der Waals surface area contributed by atoms with E-state index >= 15 is 0 Å². The van der Waals surface area contributed by atoms with E-state index in [0.717, 1.165) is 32.5 Å². The van der Waals surface area contributed by atoms with Crippen LogP contribution in [0.1, 0.15) is 16.3 Å². The molecule has 2 N–H and O–H groups in total. The van der Waals surface area contributed by atoms with Crippen LogP contribution >= 0.6 is 22.7 Å². The largest absolute Gasteiger partial charge is 0.326 e. The first kappa shape index (κ1) is 13.4. The molecule has 0 aliphatic rings. The SMILES string of the molecule is Cc1nc(C)c(-c2csc(-c3cccc(CN)c3)n2)s1. The predicted molar refractivity (Wildman–Crippen MR) is 86.0 cm³/mol. The third kappa shape index (κ3) is 2.52. The molecule has 0 saturated carbocycles. The number of hydrogen-bond donors (Lipinski definition) is 1. The predicted octanol–water partition coefficient (Wildman–Crippen LogP) is 4.01. The molecular weight excluding hydrogens is 286 g/mol. The van der Waals surface area contributed by atoms with Gasteiger partial charge >= 0.3 is 0 Å². The van der Waals surface area contributed by atoms with Crippen molar-refractivity contribution in [3.63, 3.8) is 0 Å². The standard InChI is InChI=1S/C15H15N3S2/c1-9-14(20-10(2)17-9)13-8-19-15(18-13)12-5-3-4-11(6-12)7-16/h3-6,8H,7,16H2,1-2H3. The van der Waals surface area contributed by atoms with E-state index in [-0.39, 0.29) is 0 Å². The fourth-order valence-electron chi connectivity index (χ4n) is 2.11. The van der Waals surface area contributed by atoms with Crippen molar-refractivity contribution >= 4 is 22.7 Å². The zero-order chi connectivity index (χ0) is 14.1. The van der Waals surface area contributed by atoms with Gasteiger partial charge in [0.1, 0.15) is 5.01 Å². The Balaban J connectivity index is 1.99. The van der Waals surface area contributed by atoms with Crippen molar-refractivity contribution in [2.24, 2.45) is 5.73 Å². The Labute approximate surface area is 126 Å². The quantitative estimate of drug-likeness (QED) is 0.795. The molecule has 102 valence electrons. The first-order valence-electron chi connectivity index (χ1n) is 6.36. The summed E-state index contributed by atoms with van der Waals surface area (Å²) in [5, 5.41) is 4.21. The Morgan fingerprint density at radius 1 is 1.20 bits per heavy atom. The van der Waals surface area contributed by atoms with E-state index in [9.17, 15) is 0 Å². The second kappa shape index (κ2) is 5.44. The van der Waals surface area contributed by atoms with Gasteiger partial charge < -0.3 is 5.73 Å². The molecule has 0 aliphatic heterocycles. The first-order valence-corrected chi connectivity index (χ1v) is 8.06. The molecule has 0 atom stereocenters. The highest BCUT2D eigenvalue weighted by Gasteiger charge is 2.12. The molecule has 1 aromatic carbocycles. The summed E-state index contributed by atoms with van der Waals surface area (Å²) >= 11 is 3.36. The Bertz CT molecular complexity index is 743. The lowest BCUT2D eigenvalue weighted by Crippen LogP contribution is -1.95. The van der Waals surface area contributed by atoms with Crippen LogP contribution in [-0.4, -0.2) is 9.97 Å². The van der Waals surface area contributed by atoms with E-state index in [1.54, 1.807) is 22.7 Å². The van der Waals surface area contributed by atoms with Crippen molar-refractivity contribution in [2.45, 2.75) is 20.4 Å². The zero-order valence-electron chi connectivity index (χ0n) is 11.4. The molecule has 2 heterocycles. The minimum Gasteiger partial charge on any atom is -0.326 e. The number of nitrogens with zero attached hydrogens (tertiary/aromatic N) is 2. The van der Waals surface area contributed by atoms with Crippen LogP contribution in [-0.2, 0) is 6.54 Å². The fraction of sp³-hybridized carbons (Fsp3) is 0.200. The Kier molecular flexibility index (Phi) is 3.65. The lowest BCUT2D eigenvalue weighted by Gasteiger charge is -1.99. The van der Waals surface area contributed by atoms with Crippen molar-refractivity contribution in [1.82, 2.24) is 9.97 Å². The summed E-state index contributed by atoms with van der Waals surface area (Å²) < 4.78 is 0. The summed E-state index contributed by atoms with van der Waals surface area (Å²) in [7, 11) is 0. The highest BCUT2D eigenvalue weighted by Crippen LogP contribution is 2.33. The van der Waals surface area contributed by atoms with Crippen molar-refractivity contribution in [3.05, 3.63) is 45.9 Å². The summed E-state index contributed by atoms with van der Waals surface area (Å²) in [6.45, 7) is 4.62. The molecule has 0 fully saturated rings. The van der Waals surface area contributed by atoms with Crippen LogP contribution in [0.5, 0.6) is 0 Å². The summed E-state index contributed by atoms with van der Waals surface area (Å²) in [6, 6.07) is 8.25.